The number of amides is 2. The summed E-state index contributed by atoms with van der Waals surface area (Å²) in [4.78, 5) is 25.3. The highest BCUT2D eigenvalue weighted by Gasteiger charge is 2.26. The summed E-state index contributed by atoms with van der Waals surface area (Å²) in [5.74, 6) is -1.61. The summed E-state index contributed by atoms with van der Waals surface area (Å²) >= 11 is 0. The number of ether oxygens (including phenoxy) is 1. The van der Waals surface area contributed by atoms with Gasteiger partial charge in [0, 0.05) is 11.4 Å². The van der Waals surface area contributed by atoms with Crippen LogP contribution in [0.15, 0.2) is 77.7 Å². The Bertz CT molecular complexity index is 1290. The third kappa shape index (κ3) is 6.57. The van der Waals surface area contributed by atoms with Gasteiger partial charge in [-0.05, 0) is 66.6 Å². The largest absolute Gasteiger partial charge is 0.497 e. The molecule has 0 aliphatic carbocycles. The van der Waals surface area contributed by atoms with Crippen LogP contribution < -0.4 is 20.1 Å². The number of nitrogens with one attached hydrogen (secondary N) is 3. The molecule has 3 aromatic carbocycles. The summed E-state index contributed by atoms with van der Waals surface area (Å²) in [6.07, 6.45) is 0. The van der Waals surface area contributed by atoms with Crippen molar-refractivity contribution in [3.05, 3.63) is 84.2 Å². The Morgan fingerprint density at radius 1 is 0.886 bits per heavy atom. The lowest BCUT2D eigenvalue weighted by molar-refractivity contribution is -0.118. The lowest BCUT2D eigenvalue weighted by atomic mass is 10.0. The van der Waals surface area contributed by atoms with Gasteiger partial charge < -0.3 is 15.4 Å². The van der Waals surface area contributed by atoms with Gasteiger partial charge >= 0.3 is 0 Å². The second kappa shape index (κ2) is 11.0. The molecule has 0 aliphatic heterocycles. The van der Waals surface area contributed by atoms with Crippen LogP contribution in [0.2, 0.25) is 0 Å². The molecule has 3 rings (SSSR count). The van der Waals surface area contributed by atoms with Gasteiger partial charge in [0.25, 0.3) is 15.9 Å². The maximum absolute atomic E-state index is 13.9. The fourth-order valence-corrected chi connectivity index (χ4v) is 4.27. The first-order valence-electron chi connectivity index (χ1n) is 10.7. The highest BCUT2D eigenvalue weighted by atomic mass is 32.2. The van der Waals surface area contributed by atoms with Gasteiger partial charge in [-0.2, -0.15) is 0 Å². The van der Waals surface area contributed by atoms with Gasteiger partial charge in [-0.25, -0.2) is 12.8 Å². The molecule has 3 aromatic rings. The number of rotatable bonds is 9. The third-order valence-corrected chi connectivity index (χ3v) is 6.53. The highest BCUT2D eigenvalue weighted by molar-refractivity contribution is 7.92. The first-order valence-corrected chi connectivity index (χ1v) is 12.2. The molecule has 0 bridgehead atoms. The molecule has 8 nitrogen and oxygen atoms in total. The Labute approximate surface area is 203 Å². The molecule has 0 heterocycles. The zero-order valence-electron chi connectivity index (χ0n) is 19.4. The van der Waals surface area contributed by atoms with Crippen LogP contribution in [0.3, 0.4) is 0 Å². The number of carbonyl (C=O) groups is 2. The smallest absolute Gasteiger partial charge is 0.261 e. The van der Waals surface area contributed by atoms with Crippen molar-refractivity contribution in [2.75, 3.05) is 17.1 Å². The van der Waals surface area contributed by atoms with Crippen LogP contribution >= 0.6 is 0 Å². The molecular weight excluding hydrogens is 473 g/mol. The summed E-state index contributed by atoms with van der Waals surface area (Å²) in [6.45, 7) is 3.48. The average molecular weight is 500 g/mol. The van der Waals surface area contributed by atoms with Crippen LogP contribution in [-0.2, 0) is 14.8 Å². The van der Waals surface area contributed by atoms with Crippen LogP contribution in [-0.4, -0.2) is 33.4 Å². The van der Waals surface area contributed by atoms with E-state index in [4.69, 9.17) is 4.74 Å². The van der Waals surface area contributed by atoms with E-state index in [1.54, 1.807) is 38.1 Å². The lowest BCUT2D eigenvalue weighted by Gasteiger charge is -2.22. The van der Waals surface area contributed by atoms with Gasteiger partial charge in [-0.3, -0.25) is 14.3 Å². The molecule has 3 N–H and O–H groups in total. The second-order valence-corrected chi connectivity index (χ2v) is 9.71. The van der Waals surface area contributed by atoms with E-state index in [2.05, 4.69) is 15.4 Å². The number of carbonyl (C=O) groups excluding carboxylic acids is 2. The minimum atomic E-state index is -3.85. The summed E-state index contributed by atoms with van der Waals surface area (Å²) < 4.78 is 46.8. The Morgan fingerprint density at radius 2 is 1.49 bits per heavy atom. The zero-order chi connectivity index (χ0) is 25.6. The first kappa shape index (κ1) is 25.7. The number of methoxy groups -OCH3 is 1. The van der Waals surface area contributed by atoms with Gasteiger partial charge in [0.15, 0.2) is 0 Å². The van der Waals surface area contributed by atoms with Crippen molar-refractivity contribution in [2.24, 2.45) is 5.92 Å². The minimum absolute atomic E-state index is 0.000387. The monoisotopic (exact) mass is 499 g/mol. The van der Waals surface area contributed by atoms with Crippen molar-refractivity contribution >= 4 is 33.2 Å². The molecule has 0 aliphatic rings. The maximum Gasteiger partial charge on any atom is 0.261 e. The maximum atomic E-state index is 13.9. The molecule has 2 amide bonds. The summed E-state index contributed by atoms with van der Waals surface area (Å²) in [5.41, 5.74) is 0.544. The fourth-order valence-electron chi connectivity index (χ4n) is 3.21. The molecule has 0 saturated carbocycles. The number of hydrogen-bond donors (Lipinski definition) is 3. The molecule has 0 radical (unpaired) electrons. The molecular formula is C25H26FN3O5S. The van der Waals surface area contributed by atoms with E-state index in [9.17, 15) is 22.4 Å². The molecule has 0 aromatic heterocycles. The highest BCUT2D eigenvalue weighted by Crippen LogP contribution is 2.21. The van der Waals surface area contributed by atoms with Crippen LogP contribution in [0.4, 0.5) is 15.8 Å². The summed E-state index contributed by atoms with van der Waals surface area (Å²) in [5, 5.41) is 5.22. The van der Waals surface area contributed by atoms with Gasteiger partial charge in [-0.1, -0.05) is 26.0 Å². The van der Waals surface area contributed by atoms with Crippen LogP contribution in [0.1, 0.15) is 24.2 Å². The van der Waals surface area contributed by atoms with E-state index in [1.807, 2.05) is 0 Å². The summed E-state index contributed by atoms with van der Waals surface area (Å²) in [7, 11) is -2.34. The average Bonchev–Trinajstić information content (AvgIpc) is 2.83. The lowest BCUT2D eigenvalue weighted by Crippen LogP contribution is -2.47. The molecule has 0 fully saturated rings. The Kier molecular flexibility index (Phi) is 8.08. The fraction of sp³-hybridized carbons (Fsp3) is 0.200. The van der Waals surface area contributed by atoms with E-state index >= 15 is 0 Å². The number of halogens is 1. The van der Waals surface area contributed by atoms with Crippen molar-refractivity contribution in [3.8, 4) is 5.75 Å². The van der Waals surface area contributed by atoms with E-state index in [-0.39, 0.29) is 16.4 Å². The SMILES string of the molecule is COc1ccc(NS(=O)(=O)c2ccc(NC(=O)C(NC(=O)c3ccccc3F)C(C)C)cc2)cc1. The predicted octanol–water partition coefficient (Wildman–Crippen LogP) is 4.03. The standard InChI is InChI=1S/C25H26FN3O5S/c1-16(2)23(28-24(30)21-6-4-5-7-22(21)26)25(31)27-17-10-14-20(15-11-17)35(32,33)29-18-8-12-19(34-3)13-9-18/h4-16,23,29H,1-3H3,(H,27,31)(H,28,30). The van der Waals surface area contributed by atoms with Crippen LogP contribution in [0.5, 0.6) is 5.75 Å². The van der Waals surface area contributed by atoms with Crippen LogP contribution in [0.25, 0.3) is 0 Å². The quantitative estimate of drug-likeness (QED) is 0.411. The van der Waals surface area contributed by atoms with Crippen molar-refractivity contribution in [1.29, 1.82) is 0 Å². The zero-order valence-corrected chi connectivity index (χ0v) is 20.2. The molecule has 1 atom stereocenters. The molecule has 1 unspecified atom stereocenters. The number of anilines is 2. The Balaban J connectivity index is 1.68. The molecule has 0 spiro atoms. The van der Waals surface area contributed by atoms with Gasteiger partial charge in [0.05, 0.1) is 17.6 Å². The number of hydrogen-bond acceptors (Lipinski definition) is 5. The topological polar surface area (TPSA) is 114 Å². The van der Waals surface area contributed by atoms with E-state index in [0.717, 1.165) is 0 Å². The van der Waals surface area contributed by atoms with E-state index in [0.29, 0.717) is 17.1 Å². The van der Waals surface area contributed by atoms with Crippen LogP contribution in [0, 0.1) is 11.7 Å². The predicted molar refractivity (Wildman–Crippen MR) is 131 cm³/mol. The molecule has 0 saturated heterocycles. The minimum Gasteiger partial charge on any atom is -0.497 e. The van der Waals surface area contributed by atoms with Gasteiger partial charge in [0.2, 0.25) is 5.91 Å². The third-order valence-electron chi connectivity index (χ3n) is 5.13. The molecule has 184 valence electrons. The van der Waals surface area contributed by atoms with Crippen molar-refractivity contribution < 1.29 is 27.1 Å². The van der Waals surface area contributed by atoms with Crippen molar-refractivity contribution in [1.82, 2.24) is 5.32 Å². The van der Waals surface area contributed by atoms with Crippen molar-refractivity contribution in [2.45, 2.75) is 24.8 Å². The normalized spacial score (nSPS) is 12.0. The van der Waals surface area contributed by atoms with Gasteiger partial charge in [-0.15, -0.1) is 0 Å². The second-order valence-electron chi connectivity index (χ2n) is 8.02. The van der Waals surface area contributed by atoms with E-state index in [1.165, 1.54) is 55.6 Å². The van der Waals surface area contributed by atoms with Crippen molar-refractivity contribution in [3.63, 3.8) is 0 Å². The number of sulfonamides is 1. The number of benzene rings is 3. The molecule has 10 heteroatoms. The Morgan fingerprint density at radius 3 is 2.06 bits per heavy atom. The first-order chi connectivity index (χ1) is 16.6. The summed E-state index contributed by atoms with van der Waals surface area (Å²) in [6, 6.07) is 16.6. The van der Waals surface area contributed by atoms with Gasteiger partial charge in [0.1, 0.15) is 17.6 Å². The Hall–Kier alpha value is -3.92. The van der Waals surface area contributed by atoms with E-state index < -0.39 is 33.7 Å². The molecule has 35 heavy (non-hydrogen) atoms.